The summed E-state index contributed by atoms with van der Waals surface area (Å²) in [6, 6.07) is 5.88. The molecule has 0 radical (unpaired) electrons. The smallest absolute Gasteiger partial charge is 0.134 e. The lowest BCUT2D eigenvalue weighted by atomic mass is 10.4. The summed E-state index contributed by atoms with van der Waals surface area (Å²) in [4.78, 5) is 5.23. The van der Waals surface area contributed by atoms with E-state index in [9.17, 15) is 0 Å². The number of hydrogen-bond acceptors (Lipinski definition) is 4. The van der Waals surface area contributed by atoms with Crippen molar-refractivity contribution in [2.24, 2.45) is 0 Å². The van der Waals surface area contributed by atoms with E-state index in [0.717, 1.165) is 18.0 Å². The molecule has 0 bridgehead atoms. The van der Waals surface area contributed by atoms with Crippen molar-refractivity contribution in [2.45, 2.75) is 6.54 Å². The van der Waals surface area contributed by atoms with Crippen molar-refractivity contribution in [1.29, 1.82) is 0 Å². The Labute approximate surface area is 92.7 Å². The number of aromatic nitrogens is 1. The first-order valence-corrected chi connectivity index (χ1v) is 5.52. The Morgan fingerprint density at radius 3 is 3.13 bits per heavy atom. The maximum atomic E-state index is 5.23. The lowest BCUT2D eigenvalue weighted by Crippen LogP contribution is -1.98. The van der Waals surface area contributed by atoms with E-state index in [-0.39, 0.29) is 0 Å². The zero-order chi connectivity index (χ0) is 10.5. The number of hydrogen-bond donors (Lipinski definition) is 1. The molecule has 0 saturated heterocycles. The Morgan fingerprint density at radius 1 is 1.47 bits per heavy atom. The molecule has 3 nitrogen and oxygen atoms in total. The molecule has 2 rings (SSSR count). The normalized spacial score (nSPS) is 9.93. The van der Waals surface area contributed by atoms with Crippen LogP contribution < -0.4 is 10.1 Å². The fourth-order valence-corrected chi connectivity index (χ4v) is 2.07. The lowest BCUT2D eigenvalue weighted by molar-refractivity contribution is 0.413. The minimum absolute atomic E-state index is 0.770. The molecule has 0 amide bonds. The SMILES string of the molecule is COc1ccsc1CNc1cccnc1. The molecule has 0 atom stereocenters. The van der Waals surface area contributed by atoms with Crippen LogP contribution in [0.15, 0.2) is 36.0 Å². The Bertz CT molecular complexity index is 414. The standard InChI is InChI=1S/C11H12N2OS/c1-14-10-4-6-15-11(10)8-13-9-3-2-5-12-7-9/h2-7,13H,8H2,1H3. The Kier molecular flexibility index (Phi) is 3.19. The first-order valence-electron chi connectivity index (χ1n) is 4.64. The topological polar surface area (TPSA) is 34.1 Å². The van der Waals surface area contributed by atoms with E-state index in [1.165, 1.54) is 4.88 Å². The first-order chi connectivity index (χ1) is 7.40. The summed E-state index contributed by atoms with van der Waals surface area (Å²) in [5, 5.41) is 5.32. The maximum absolute atomic E-state index is 5.23. The van der Waals surface area contributed by atoms with Crippen LogP contribution in [0.2, 0.25) is 0 Å². The van der Waals surface area contributed by atoms with Crippen LogP contribution in [0.4, 0.5) is 5.69 Å². The van der Waals surface area contributed by atoms with Crippen molar-refractivity contribution in [3.8, 4) is 5.75 Å². The highest BCUT2D eigenvalue weighted by atomic mass is 32.1. The van der Waals surface area contributed by atoms with Gasteiger partial charge in [-0.2, -0.15) is 0 Å². The van der Waals surface area contributed by atoms with Crippen LogP contribution in [0.25, 0.3) is 0 Å². The van der Waals surface area contributed by atoms with Gasteiger partial charge < -0.3 is 10.1 Å². The number of rotatable bonds is 4. The molecule has 2 aromatic rings. The van der Waals surface area contributed by atoms with Crippen LogP contribution in [0.3, 0.4) is 0 Å². The zero-order valence-corrected chi connectivity index (χ0v) is 9.25. The molecule has 4 heteroatoms. The molecule has 0 aliphatic rings. The fraction of sp³-hybridized carbons (Fsp3) is 0.182. The largest absolute Gasteiger partial charge is 0.496 e. The average molecular weight is 220 g/mol. The molecule has 0 aliphatic carbocycles. The molecule has 1 N–H and O–H groups in total. The van der Waals surface area contributed by atoms with Crippen molar-refractivity contribution < 1.29 is 4.74 Å². The summed E-state index contributed by atoms with van der Waals surface area (Å²) in [5.74, 6) is 0.941. The van der Waals surface area contributed by atoms with Gasteiger partial charge in [-0.25, -0.2) is 0 Å². The van der Waals surface area contributed by atoms with E-state index in [0.29, 0.717) is 0 Å². The molecular weight excluding hydrogens is 208 g/mol. The highest BCUT2D eigenvalue weighted by molar-refractivity contribution is 7.10. The molecular formula is C11H12N2OS. The summed E-state index contributed by atoms with van der Waals surface area (Å²) >= 11 is 1.69. The Balaban J connectivity index is 1.99. The third-order valence-corrected chi connectivity index (χ3v) is 2.94. The molecule has 0 spiro atoms. The number of thiophene rings is 1. The average Bonchev–Trinajstić information content (AvgIpc) is 2.75. The van der Waals surface area contributed by atoms with Crippen molar-refractivity contribution >= 4 is 17.0 Å². The van der Waals surface area contributed by atoms with Gasteiger partial charge in [0, 0.05) is 12.4 Å². The van der Waals surface area contributed by atoms with Crippen LogP contribution in [0.5, 0.6) is 5.75 Å². The molecule has 2 aromatic heterocycles. The van der Waals surface area contributed by atoms with Crippen LogP contribution >= 0.6 is 11.3 Å². The second kappa shape index (κ2) is 4.79. The predicted molar refractivity (Wildman–Crippen MR) is 62.4 cm³/mol. The number of anilines is 1. The molecule has 2 heterocycles. The van der Waals surface area contributed by atoms with Gasteiger partial charge in [0.05, 0.1) is 24.2 Å². The van der Waals surface area contributed by atoms with E-state index < -0.39 is 0 Å². The molecule has 78 valence electrons. The van der Waals surface area contributed by atoms with Gasteiger partial charge in [0.1, 0.15) is 5.75 Å². The number of nitrogens with zero attached hydrogens (tertiary/aromatic N) is 1. The Hall–Kier alpha value is -1.55. The summed E-state index contributed by atoms with van der Waals surface area (Å²) in [6.45, 7) is 0.770. The summed E-state index contributed by atoms with van der Waals surface area (Å²) < 4.78 is 5.23. The quantitative estimate of drug-likeness (QED) is 0.860. The minimum Gasteiger partial charge on any atom is -0.496 e. The van der Waals surface area contributed by atoms with Crippen LogP contribution in [-0.4, -0.2) is 12.1 Å². The van der Waals surface area contributed by atoms with E-state index >= 15 is 0 Å². The minimum atomic E-state index is 0.770. The van der Waals surface area contributed by atoms with Crippen molar-refractivity contribution in [1.82, 2.24) is 4.98 Å². The van der Waals surface area contributed by atoms with E-state index in [1.54, 1.807) is 30.8 Å². The molecule has 0 unspecified atom stereocenters. The van der Waals surface area contributed by atoms with Crippen LogP contribution in [0, 0.1) is 0 Å². The van der Waals surface area contributed by atoms with Crippen molar-refractivity contribution in [3.05, 3.63) is 40.8 Å². The molecule has 0 aromatic carbocycles. The number of methoxy groups -OCH3 is 1. The van der Waals surface area contributed by atoms with E-state index in [1.807, 2.05) is 23.6 Å². The second-order valence-corrected chi connectivity index (χ2v) is 4.01. The van der Waals surface area contributed by atoms with Gasteiger partial charge in [0.25, 0.3) is 0 Å². The number of pyridine rings is 1. The molecule has 15 heavy (non-hydrogen) atoms. The van der Waals surface area contributed by atoms with Gasteiger partial charge in [0.2, 0.25) is 0 Å². The van der Waals surface area contributed by atoms with Crippen LogP contribution in [0.1, 0.15) is 4.88 Å². The van der Waals surface area contributed by atoms with Gasteiger partial charge in [-0.3, -0.25) is 4.98 Å². The maximum Gasteiger partial charge on any atom is 0.134 e. The van der Waals surface area contributed by atoms with Gasteiger partial charge in [-0.05, 0) is 23.6 Å². The third kappa shape index (κ3) is 2.47. The predicted octanol–water partition coefficient (Wildman–Crippen LogP) is 2.76. The van der Waals surface area contributed by atoms with E-state index in [2.05, 4.69) is 10.3 Å². The number of ether oxygens (including phenoxy) is 1. The zero-order valence-electron chi connectivity index (χ0n) is 8.43. The van der Waals surface area contributed by atoms with Gasteiger partial charge >= 0.3 is 0 Å². The summed E-state index contributed by atoms with van der Waals surface area (Å²) in [7, 11) is 1.69. The highest BCUT2D eigenvalue weighted by Crippen LogP contribution is 2.25. The summed E-state index contributed by atoms with van der Waals surface area (Å²) in [6.07, 6.45) is 3.57. The molecule has 0 saturated carbocycles. The van der Waals surface area contributed by atoms with Gasteiger partial charge in [-0.15, -0.1) is 11.3 Å². The van der Waals surface area contributed by atoms with E-state index in [4.69, 9.17) is 4.74 Å². The second-order valence-electron chi connectivity index (χ2n) is 3.01. The monoisotopic (exact) mass is 220 g/mol. The fourth-order valence-electron chi connectivity index (χ4n) is 1.29. The third-order valence-electron chi connectivity index (χ3n) is 2.04. The number of nitrogens with one attached hydrogen (secondary N) is 1. The molecule has 0 aliphatic heterocycles. The lowest BCUT2D eigenvalue weighted by Gasteiger charge is -2.05. The van der Waals surface area contributed by atoms with Crippen molar-refractivity contribution in [3.63, 3.8) is 0 Å². The van der Waals surface area contributed by atoms with Crippen LogP contribution in [-0.2, 0) is 6.54 Å². The molecule has 0 fully saturated rings. The van der Waals surface area contributed by atoms with Gasteiger partial charge in [0.15, 0.2) is 0 Å². The first kappa shape index (κ1) is 9.98. The Morgan fingerprint density at radius 2 is 2.40 bits per heavy atom. The van der Waals surface area contributed by atoms with Gasteiger partial charge in [-0.1, -0.05) is 0 Å². The van der Waals surface area contributed by atoms with Crippen molar-refractivity contribution in [2.75, 3.05) is 12.4 Å². The highest BCUT2D eigenvalue weighted by Gasteiger charge is 2.03. The summed E-state index contributed by atoms with van der Waals surface area (Å²) in [5.41, 5.74) is 1.02.